The minimum absolute atomic E-state index is 0.333. The zero-order chi connectivity index (χ0) is 10.1. The third kappa shape index (κ3) is 1.60. The Morgan fingerprint density at radius 3 is 2.79 bits per heavy atom. The zero-order valence-electron chi connectivity index (χ0n) is 8.57. The second kappa shape index (κ2) is 3.37. The second-order valence-corrected chi connectivity index (χ2v) is 4.11. The fourth-order valence-electron chi connectivity index (χ4n) is 1.74. The molecule has 1 heterocycles. The lowest BCUT2D eigenvalue weighted by atomic mass is 10.2. The topological polar surface area (TPSA) is 25.2 Å². The number of phenolic OH excluding ortho intramolecular Hbond substituents is 1. The smallest absolute Gasteiger partial charge is 0.116 e. The number of benzene rings is 1. The van der Waals surface area contributed by atoms with E-state index in [1.54, 1.807) is 12.1 Å². The molecule has 1 aromatic carbocycles. The van der Waals surface area contributed by atoms with Gasteiger partial charge in [-0.15, -0.1) is 0 Å². The van der Waals surface area contributed by atoms with Crippen molar-refractivity contribution in [2.75, 3.05) is 0 Å². The van der Waals surface area contributed by atoms with Crippen molar-refractivity contribution in [3.8, 4) is 5.75 Å². The Morgan fingerprint density at radius 1 is 1.29 bits per heavy atom. The maximum Gasteiger partial charge on any atom is 0.116 e. The van der Waals surface area contributed by atoms with Crippen LogP contribution in [0.2, 0.25) is 0 Å². The lowest BCUT2D eigenvalue weighted by molar-refractivity contribution is 0.476. The molecule has 1 aromatic heterocycles. The van der Waals surface area contributed by atoms with E-state index in [4.69, 9.17) is 0 Å². The zero-order valence-corrected chi connectivity index (χ0v) is 8.57. The Hall–Kier alpha value is -1.44. The summed E-state index contributed by atoms with van der Waals surface area (Å²) in [7, 11) is 0. The molecule has 1 N–H and O–H groups in total. The Bertz CT molecular complexity index is 443. The summed E-state index contributed by atoms with van der Waals surface area (Å²) in [6.07, 6.45) is 2.07. The molecule has 2 aromatic rings. The maximum absolute atomic E-state index is 9.31. The number of aromatic hydroxyl groups is 1. The van der Waals surface area contributed by atoms with Crippen molar-refractivity contribution in [3.63, 3.8) is 0 Å². The van der Waals surface area contributed by atoms with Crippen LogP contribution < -0.4 is 0 Å². The van der Waals surface area contributed by atoms with Gasteiger partial charge in [-0.25, -0.2) is 0 Å². The summed E-state index contributed by atoms with van der Waals surface area (Å²) in [6.45, 7) is 5.42. The molecule has 0 radical (unpaired) electrons. The first kappa shape index (κ1) is 9.13. The van der Waals surface area contributed by atoms with Crippen LogP contribution in [0, 0.1) is 5.92 Å². The van der Waals surface area contributed by atoms with Gasteiger partial charge in [-0.2, -0.15) is 0 Å². The predicted octanol–water partition coefficient (Wildman–Crippen LogP) is 3.00. The van der Waals surface area contributed by atoms with Crippen LogP contribution in [0.25, 0.3) is 10.9 Å². The van der Waals surface area contributed by atoms with Gasteiger partial charge < -0.3 is 9.67 Å². The lowest BCUT2D eigenvalue weighted by Crippen LogP contribution is -2.02. The third-order valence-electron chi connectivity index (χ3n) is 2.32. The summed E-state index contributed by atoms with van der Waals surface area (Å²) in [6, 6.07) is 7.54. The van der Waals surface area contributed by atoms with Gasteiger partial charge in [0.2, 0.25) is 0 Å². The number of nitrogens with zero attached hydrogens (tertiary/aromatic N) is 1. The van der Waals surface area contributed by atoms with Crippen molar-refractivity contribution in [2.45, 2.75) is 20.4 Å². The van der Waals surface area contributed by atoms with Gasteiger partial charge in [0.05, 0.1) is 0 Å². The van der Waals surface area contributed by atoms with Gasteiger partial charge in [-0.05, 0) is 30.2 Å². The van der Waals surface area contributed by atoms with E-state index >= 15 is 0 Å². The van der Waals surface area contributed by atoms with Gasteiger partial charge in [0, 0.05) is 23.6 Å². The number of hydrogen-bond acceptors (Lipinski definition) is 1. The number of hydrogen-bond donors (Lipinski definition) is 1. The monoisotopic (exact) mass is 189 g/mol. The van der Waals surface area contributed by atoms with Gasteiger partial charge in [0.25, 0.3) is 0 Å². The first-order chi connectivity index (χ1) is 6.66. The van der Waals surface area contributed by atoms with Crippen LogP contribution in [-0.2, 0) is 6.54 Å². The lowest BCUT2D eigenvalue weighted by Gasteiger charge is -2.07. The highest BCUT2D eigenvalue weighted by atomic mass is 16.3. The minimum Gasteiger partial charge on any atom is -0.508 e. The molecule has 0 atom stereocenters. The van der Waals surface area contributed by atoms with E-state index in [-0.39, 0.29) is 0 Å². The molecule has 0 saturated carbocycles. The highest BCUT2D eigenvalue weighted by Crippen LogP contribution is 2.21. The molecular formula is C12H15NO. The van der Waals surface area contributed by atoms with E-state index in [9.17, 15) is 5.11 Å². The van der Waals surface area contributed by atoms with E-state index < -0.39 is 0 Å². The van der Waals surface area contributed by atoms with Gasteiger partial charge in [-0.3, -0.25) is 0 Å². The molecule has 2 nitrogen and oxygen atoms in total. The quantitative estimate of drug-likeness (QED) is 0.771. The molecule has 0 spiro atoms. The van der Waals surface area contributed by atoms with E-state index in [1.807, 2.05) is 12.1 Å². The van der Waals surface area contributed by atoms with Crippen molar-refractivity contribution in [3.05, 3.63) is 30.5 Å². The molecule has 74 valence electrons. The molecule has 0 aliphatic heterocycles. The number of fused-ring (bicyclic) bond motifs is 1. The normalized spacial score (nSPS) is 11.4. The molecule has 14 heavy (non-hydrogen) atoms. The summed E-state index contributed by atoms with van der Waals surface area (Å²) >= 11 is 0. The molecule has 0 fully saturated rings. The van der Waals surface area contributed by atoms with Crippen molar-refractivity contribution in [1.82, 2.24) is 4.57 Å². The standard InChI is InChI=1S/C12H15NO/c1-9(2)8-13-6-5-10-7-11(14)3-4-12(10)13/h3-7,9,14H,8H2,1-2H3. The average Bonchev–Trinajstić information content (AvgIpc) is 2.47. The van der Waals surface area contributed by atoms with Crippen LogP contribution >= 0.6 is 0 Å². The van der Waals surface area contributed by atoms with Crippen LogP contribution in [0.3, 0.4) is 0 Å². The highest BCUT2D eigenvalue weighted by molar-refractivity contribution is 5.81. The maximum atomic E-state index is 9.31. The van der Waals surface area contributed by atoms with Crippen LogP contribution in [0.4, 0.5) is 0 Å². The Kier molecular flexibility index (Phi) is 2.20. The van der Waals surface area contributed by atoms with E-state index in [0.717, 1.165) is 11.9 Å². The fraction of sp³-hybridized carbons (Fsp3) is 0.333. The average molecular weight is 189 g/mol. The summed E-state index contributed by atoms with van der Waals surface area (Å²) in [5.41, 5.74) is 1.19. The predicted molar refractivity (Wildman–Crippen MR) is 58.4 cm³/mol. The van der Waals surface area contributed by atoms with E-state index in [0.29, 0.717) is 11.7 Å². The Labute approximate surface area is 83.8 Å². The fourth-order valence-corrected chi connectivity index (χ4v) is 1.74. The number of phenols is 1. The minimum atomic E-state index is 0.333. The highest BCUT2D eigenvalue weighted by Gasteiger charge is 2.02. The van der Waals surface area contributed by atoms with Crippen LogP contribution in [0.15, 0.2) is 30.5 Å². The SMILES string of the molecule is CC(C)Cn1ccc2cc(O)ccc21. The molecule has 0 amide bonds. The van der Waals surface area contributed by atoms with Crippen LogP contribution in [-0.4, -0.2) is 9.67 Å². The summed E-state index contributed by atoms with van der Waals surface area (Å²) in [5, 5.41) is 10.4. The molecule has 0 bridgehead atoms. The number of rotatable bonds is 2. The van der Waals surface area contributed by atoms with Crippen molar-refractivity contribution >= 4 is 10.9 Å². The summed E-state index contributed by atoms with van der Waals surface area (Å²) in [5.74, 6) is 0.971. The Balaban J connectivity index is 2.47. The van der Waals surface area contributed by atoms with Crippen LogP contribution in [0.5, 0.6) is 5.75 Å². The van der Waals surface area contributed by atoms with E-state index in [2.05, 4.69) is 24.6 Å². The van der Waals surface area contributed by atoms with Crippen molar-refractivity contribution < 1.29 is 5.11 Å². The van der Waals surface area contributed by atoms with Crippen molar-refractivity contribution in [1.29, 1.82) is 0 Å². The molecule has 2 heteroatoms. The van der Waals surface area contributed by atoms with E-state index in [1.165, 1.54) is 5.52 Å². The Morgan fingerprint density at radius 2 is 2.07 bits per heavy atom. The molecule has 0 saturated heterocycles. The molecule has 0 aliphatic carbocycles. The summed E-state index contributed by atoms with van der Waals surface area (Å²) in [4.78, 5) is 0. The number of aromatic nitrogens is 1. The van der Waals surface area contributed by atoms with Gasteiger partial charge in [0.1, 0.15) is 5.75 Å². The van der Waals surface area contributed by atoms with Gasteiger partial charge >= 0.3 is 0 Å². The van der Waals surface area contributed by atoms with Crippen LogP contribution in [0.1, 0.15) is 13.8 Å². The third-order valence-corrected chi connectivity index (χ3v) is 2.32. The first-order valence-electron chi connectivity index (χ1n) is 4.94. The van der Waals surface area contributed by atoms with Crippen molar-refractivity contribution in [2.24, 2.45) is 5.92 Å². The first-order valence-corrected chi connectivity index (χ1v) is 4.94. The van der Waals surface area contributed by atoms with Gasteiger partial charge in [0.15, 0.2) is 0 Å². The molecule has 2 rings (SSSR count). The second-order valence-electron chi connectivity index (χ2n) is 4.11. The molecular weight excluding hydrogens is 174 g/mol. The van der Waals surface area contributed by atoms with Gasteiger partial charge in [-0.1, -0.05) is 13.8 Å². The largest absolute Gasteiger partial charge is 0.508 e. The molecule has 0 aliphatic rings. The summed E-state index contributed by atoms with van der Waals surface area (Å²) < 4.78 is 2.22. The molecule has 0 unspecified atom stereocenters.